The van der Waals surface area contributed by atoms with Crippen molar-refractivity contribution < 1.29 is 9.90 Å². The molecular formula is C11H11Cl2NO2. The van der Waals surface area contributed by atoms with Crippen molar-refractivity contribution in [2.45, 2.75) is 19.3 Å². The van der Waals surface area contributed by atoms with E-state index in [1.54, 1.807) is 0 Å². The number of aromatic hydroxyl groups is 1. The fourth-order valence-corrected chi connectivity index (χ4v) is 2.06. The summed E-state index contributed by atoms with van der Waals surface area (Å²) in [5.41, 5.74) is 0.273. The van der Waals surface area contributed by atoms with E-state index in [1.807, 2.05) is 0 Å². The first-order chi connectivity index (χ1) is 7.58. The van der Waals surface area contributed by atoms with Crippen LogP contribution >= 0.6 is 23.2 Å². The third-order valence-corrected chi connectivity index (χ3v) is 3.27. The molecule has 16 heavy (non-hydrogen) atoms. The zero-order valence-corrected chi connectivity index (χ0v) is 9.98. The highest BCUT2D eigenvalue weighted by atomic mass is 35.5. The van der Waals surface area contributed by atoms with Gasteiger partial charge in [0.25, 0.3) is 0 Å². The third kappa shape index (κ3) is 2.25. The molecule has 2 rings (SSSR count). The quantitative estimate of drug-likeness (QED) is 0.800. The number of rotatable bonds is 2. The van der Waals surface area contributed by atoms with Crippen molar-refractivity contribution in [1.29, 1.82) is 0 Å². The summed E-state index contributed by atoms with van der Waals surface area (Å²) in [6, 6.07) is 2.91. The summed E-state index contributed by atoms with van der Waals surface area (Å²) in [7, 11) is 0. The van der Waals surface area contributed by atoms with Gasteiger partial charge in [0.2, 0.25) is 5.91 Å². The molecule has 86 valence electrons. The molecule has 1 aromatic carbocycles. The van der Waals surface area contributed by atoms with Gasteiger partial charge in [0.05, 0.1) is 10.7 Å². The molecule has 0 atom stereocenters. The summed E-state index contributed by atoms with van der Waals surface area (Å²) in [6.07, 6.45) is 2.89. The maximum atomic E-state index is 11.7. The molecule has 0 radical (unpaired) electrons. The van der Waals surface area contributed by atoms with E-state index in [0.717, 1.165) is 19.3 Å². The maximum absolute atomic E-state index is 11.7. The minimum atomic E-state index is -0.140. The average molecular weight is 260 g/mol. The zero-order valence-electron chi connectivity index (χ0n) is 8.46. The number of phenols is 1. The van der Waals surface area contributed by atoms with Gasteiger partial charge in [-0.3, -0.25) is 4.79 Å². The molecule has 1 fully saturated rings. The van der Waals surface area contributed by atoms with E-state index in [4.69, 9.17) is 23.2 Å². The monoisotopic (exact) mass is 259 g/mol. The van der Waals surface area contributed by atoms with Crippen molar-refractivity contribution in [2.24, 2.45) is 5.92 Å². The lowest BCUT2D eigenvalue weighted by atomic mass is 9.85. The normalized spacial score (nSPS) is 15.6. The van der Waals surface area contributed by atoms with Crippen LogP contribution in [0.25, 0.3) is 0 Å². The number of halogens is 2. The minimum Gasteiger partial charge on any atom is -0.504 e. The highest BCUT2D eigenvalue weighted by Gasteiger charge is 2.26. The molecule has 0 aliphatic heterocycles. The SMILES string of the molecule is O=C(Nc1cc(Cl)cc(Cl)c1O)C1CCC1. The maximum Gasteiger partial charge on any atom is 0.227 e. The molecule has 1 saturated carbocycles. The van der Waals surface area contributed by atoms with Gasteiger partial charge in [-0.1, -0.05) is 29.6 Å². The van der Waals surface area contributed by atoms with Crippen LogP contribution in [0.4, 0.5) is 5.69 Å². The number of anilines is 1. The van der Waals surface area contributed by atoms with E-state index >= 15 is 0 Å². The topological polar surface area (TPSA) is 49.3 Å². The summed E-state index contributed by atoms with van der Waals surface area (Å²) in [4.78, 5) is 11.7. The van der Waals surface area contributed by atoms with Crippen molar-refractivity contribution >= 4 is 34.8 Å². The van der Waals surface area contributed by atoms with Crippen LogP contribution in [0.5, 0.6) is 5.75 Å². The highest BCUT2D eigenvalue weighted by molar-refractivity contribution is 6.36. The van der Waals surface area contributed by atoms with Gasteiger partial charge in [-0.15, -0.1) is 0 Å². The predicted molar refractivity (Wildman–Crippen MR) is 64.1 cm³/mol. The predicted octanol–water partition coefficient (Wildman–Crippen LogP) is 3.44. The Morgan fingerprint density at radius 3 is 2.62 bits per heavy atom. The van der Waals surface area contributed by atoms with Gasteiger partial charge in [0.15, 0.2) is 5.75 Å². The molecule has 0 heterocycles. The lowest BCUT2D eigenvalue weighted by Gasteiger charge is -2.24. The number of carbonyl (C=O) groups is 1. The number of phenolic OH excluding ortho intramolecular Hbond substituents is 1. The molecule has 1 aliphatic carbocycles. The fraction of sp³-hybridized carbons (Fsp3) is 0.364. The zero-order chi connectivity index (χ0) is 11.7. The number of nitrogens with one attached hydrogen (secondary N) is 1. The molecular weight excluding hydrogens is 249 g/mol. The first-order valence-corrected chi connectivity index (χ1v) is 5.82. The molecule has 1 amide bonds. The Labute approximate surface area is 103 Å². The minimum absolute atomic E-state index is 0.0529. The van der Waals surface area contributed by atoms with Gasteiger partial charge in [-0.05, 0) is 25.0 Å². The molecule has 0 saturated heterocycles. The standard InChI is InChI=1S/C11H11Cl2NO2/c12-7-4-8(13)10(15)9(5-7)14-11(16)6-2-1-3-6/h4-6,15H,1-3H2,(H,14,16). The fourth-order valence-electron chi connectivity index (χ4n) is 1.57. The molecule has 3 nitrogen and oxygen atoms in total. The van der Waals surface area contributed by atoms with Crippen LogP contribution < -0.4 is 5.32 Å². The van der Waals surface area contributed by atoms with Gasteiger partial charge in [-0.25, -0.2) is 0 Å². The van der Waals surface area contributed by atoms with Crippen molar-refractivity contribution in [1.82, 2.24) is 0 Å². The van der Waals surface area contributed by atoms with Crippen LogP contribution in [-0.4, -0.2) is 11.0 Å². The van der Waals surface area contributed by atoms with E-state index in [1.165, 1.54) is 12.1 Å². The second-order valence-corrected chi connectivity index (χ2v) is 4.74. The number of carbonyl (C=O) groups excluding carboxylic acids is 1. The molecule has 0 unspecified atom stereocenters. The van der Waals surface area contributed by atoms with E-state index in [2.05, 4.69) is 5.32 Å². The van der Waals surface area contributed by atoms with E-state index in [0.29, 0.717) is 5.02 Å². The Morgan fingerprint density at radius 2 is 2.06 bits per heavy atom. The average Bonchev–Trinajstić information content (AvgIpc) is 2.10. The molecule has 0 spiro atoms. The molecule has 0 bridgehead atoms. The summed E-state index contributed by atoms with van der Waals surface area (Å²) in [5, 5.41) is 12.8. The van der Waals surface area contributed by atoms with Gasteiger partial charge in [-0.2, -0.15) is 0 Å². The number of hydrogen-bond acceptors (Lipinski definition) is 2. The van der Waals surface area contributed by atoms with Crippen molar-refractivity contribution in [2.75, 3.05) is 5.32 Å². The number of benzene rings is 1. The Morgan fingerprint density at radius 1 is 1.38 bits per heavy atom. The summed E-state index contributed by atoms with van der Waals surface area (Å²) in [6.45, 7) is 0. The van der Waals surface area contributed by atoms with Crippen LogP contribution in [0, 0.1) is 5.92 Å². The van der Waals surface area contributed by atoms with Crippen molar-refractivity contribution in [3.63, 3.8) is 0 Å². The molecule has 1 aliphatic rings. The lowest BCUT2D eigenvalue weighted by molar-refractivity contribution is -0.122. The van der Waals surface area contributed by atoms with Crippen molar-refractivity contribution in [3.05, 3.63) is 22.2 Å². The van der Waals surface area contributed by atoms with Gasteiger partial charge >= 0.3 is 0 Å². The molecule has 1 aromatic rings. The van der Waals surface area contributed by atoms with Crippen LogP contribution in [-0.2, 0) is 4.79 Å². The van der Waals surface area contributed by atoms with Gasteiger partial charge in [0.1, 0.15) is 0 Å². The molecule has 5 heteroatoms. The van der Waals surface area contributed by atoms with E-state index in [9.17, 15) is 9.90 Å². The van der Waals surface area contributed by atoms with Crippen LogP contribution in [0.2, 0.25) is 10.0 Å². The highest BCUT2D eigenvalue weighted by Crippen LogP contribution is 2.36. The second-order valence-electron chi connectivity index (χ2n) is 3.90. The smallest absolute Gasteiger partial charge is 0.227 e. The largest absolute Gasteiger partial charge is 0.504 e. The second kappa shape index (κ2) is 4.52. The van der Waals surface area contributed by atoms with Crippen LogP contribution in [0.15, 0.2) is 12.1 Å². The van der Waals surface area contributed by atoms with E-state index in [-0.39, 0.29) is 28.3 Å². The summed E-state index contributed by atoms with van der Waals surface area (Å²) in [5.74, 6) is -0.171. The summed E-state index contributed by atoms with van der Waals surface area (Å²) < 4.78 is 0. The lowest BCUT2D eigenvalue weighted by Crippen LogP contribution is -2.28. The molecule has 0 aromatic heterocycles. The van der Waals surface area contributed by atoms with Gasteiger partial charge in [0, 0.05) is 10.9 Å². The molecule has 2 N–H and O–H groups in total. The van der Waals surface area contributed by atoms with Gasteiger partial charge < -0.3 is 10.4 Å². The van der Waals surface area contributed by atoms with Crippen molar-refractivity contribution in [3.8, 4) is 5.75 Å². The summed E-state index contributed by atoms with van der Waals surface area (Å²) >= 11 is 11.5. The number of hydrogen-bond donors (Lipinski definition) is 2. The first kappa shape index (κ1) is 11.6. The third-order valence-electron chi connectivity index (χ3n) is 2.76. The Hall–Kier alpha value is -0.930. The van der Waals surface area contributed by atoms with Crippen LogP contribution in [0.3, 0.4) is 0 Å². The first-order valence-electron chi connectivity index (χ1n) is 5.07. The number of amides is 1. The Bertz CT molecular complexity index is 430. The van der Waals surface area contributed by atoms with E-state index < -0.39 is 0 Å². The van der Waals surface area contributed by atoms with Crippen LogP contribution in [0.1, 0.15) is 19.3 Å². The Balaban J connectivity index is 2.17. The Kier molecular flexibility index (Phi) is 3.26.